The number of benzene rings is 1. The topological polar surface area (TPSA) is 64.3 Å². The van der Waals surface area contributed by atoms with Crippen LogP contribution in [0.5, 0.6) is 5.75 Å². The Morgan fingerprint density at radius 1 is 1.32 bits per heavy atom. The molecule has 0 aliphatic carbocycles. The van der Waals surface area contributed by atoms with E-state index in [0.717, 1.165) is 17.7 Å². The molecule has 0 saturated heterocycles. The maximum absolute atomic E-state index is 11.9. The second-order valence-electron chi connectivity index (χ2n) is 5.07. The Balaban J connectivity index is 2.60. The lowest BCUT2D eigenvalue weighted by Gasteiger charge is -2.20. The predicted octanol–water partition coefficient (Wildman–Crippen LogP) is 1.73. The highest BCUT2D eigenvalue weighted by molar-refractivity contribution is 5.79. The minimum absolute atomic E-state index is 0.00241. The monoisotopic (exact) mass is 264 g/mol. The third kappa shape index (κ3) is 4.56. The molecule has 0 aliphatic rings. The Bertz CT molecular complexity index is 418. The van der Waals surface area contributed by atoms with Crippen LogP contribution in [-0.4, -0.2) is 25.1 Å². The van der Waals surface area contributed by atoms with Crippen LogP contribution < -0.4 is 15.8 Å². The summed E-state index contributed by atoms with van der Waals surface area (Å²) in [7, 11) is 1.65. The summed E-state index contributed by atoms with van der Waals surface area (Å²) in [6.45, 7) is 5.67. The zero-order valence-corrected chi connectivity index (χ0v) is 12.1. The Morgan fingerprint density at radius 2 is 1.95 bits per heavy atom. The number of para-hydroxylation sites is 1. The largest absolute Gasteiger partial charge is 0.496 e. The van der Waals surface area contributed by atoms with Gasteiger partial charge in [0, 0.05) is 18.0 Å². The van der Waals surface area contributed by atoms with Gasteiger partial charge in [-0.15, -0.1) is 0 Å². The molecule has 0 saturated carbocycles. The first kappa shape index (κ1) is 15.5. The molecular weight excluding hydrogens is 240 g/mol. The highest BCUT2D eigenvalue weighted by Crippen LogP contribution is 2.18. The van der Waals surface area contributed by atoms with E-state index in [-0.39, 0.29) is 23.9 Å². The lowest BCUT2D eigenvalue weighted by atomic mass is 10.0. The van der Waals surface area contributed by atoms with Crippen molar-refractivity contribution in [2.24, 2.45) is 11.7 Å². The SMILES string of the molecule is COc1ccccc1CC(C)NC(=O)C(C)C(C)N. The van der Waals surface area contributed by atoms with Crippen molar-refractivity contribution in [1.29, 1.82) is 0 Å². The summed E-state index contributed by atoms with van der Waals surface area (Å²) in [5.41, 5.74) is 6.82. The molecule has 3 atom stereocenters. The summed E-state index contributed by atoms with van der Waals surface area (Å²) < 4.78 is 5.30. The van der Waals surface area contributed by atoms with Crippen LogP contribution in [0.3, 0.4) is 0 Å². The number of hydrogen-bond acceptors (Lipinski definition) is 3. The fourth-order valence-electron chi connectivity index (χ4n) is 1.87. The van der Waals surface area contributed by atoms with Crippen molar-refractivity contribution >= 4 is 5.91 Å². The molecule has 1 amide bonds. The van der Waals surface area contributed by atoms with Gasteiger partial charge in [-0.05, 0) is 31.9 Å². The highest BCUT2D eigenvalue weighted by atomic mass is 16.5. The number of hydrogen-bond donors (Lipinski definition) is 2. The summed E-state index contributed by atoms with van der Waals surface area (Å²) in [5.74, 6) is 0.668. The van der Waals surface area contributed by atoms with Gasteiger partial charge in [-0.2, -0.15) is 0 Å². The highest BCUT2D eigenvalue weighted by Gasteiger charge is 2.19. The second-order valence-corrected chi connectivity index (χ2v) is 5.07. The number of nitrogens with two attached hydrogens (primary N) is 1. The fraction of sp³-hybridized carbons (Fsp3) is 0.533. The van der Waals surface area contributed by atoms with E-state index in [1.165, 1.54) is 0 Å². The fourth-order valence-corrected chi connectivity index (χ4v) is 1.87. The van der Waals surface area contributed by atoms with Gasteiger partial charge < -0.3 is 15.8 Å². The first-order valence-corrected chi connectivity index (χ1v) is 6.63. The van der Waals surface area contributed by atoms with Gasteiger partial charge in [0.1, 0.15) is 5.75 Å². The number of nitrogens with one attached hydrogen (secondary N) is 1. The number of amides is 1. The van der Waals surface area contributed by atoms with Gasteiger partial charge in [-0.1, -0.05) is 25.1 Å². The molecule has 1 rings (SSSR count). The van der Waals surface area contributed by atoms with Gasteiger partial charge in [0.2, 0.25) is 5.91 Å². The van der Waals surface area contributed by atoms with Crippen LogP contribution in [0.2, 0.25) is 0 Å². The third-order valence-corrected chi connectivity index (χ3v) is 3.31. The molecule has 0 fully saturated rings. The van der Waals surface area contributed by atoms with Crippen molar-refractivity contribution in [3.63, 3.8) is 0 Å². The van der Waals surface area contributed by atoms with Gasteiger partial charge in [-0.3, -0.25) is 4.79 Å². The van der Waals surface area contributed by atoms with Crippen LogP contribution in [0.25, 0.3) is 0 Å². The molecule has 0 aromatic heterocycles. The predicted molar refractivity (Wildman–Crippen MR) is 77.1 cm³/mol. The quantitative estimate of drug-likeness (QED) is 0.822. The molecule has 3 unspecified atom stereocenters. The molecule has 0 bridgehead atoms. The lowest BCUT2D eigenvalue weighted by Crippen LogP contribution is -2.43. The molecule has 106 valence electrons. The van der Waals surface area contributed by atoms with Gasteiger partial charge in [-0.25, -0.2) is 0 Å². The molecular formula is C15H24N2O2. The number of ether oxygens (including phenoxy) is 1. The normalized spacial score (nSPS) is 15.4. The first-order chi connectivity index (χ1) is 8.95. The summed E-state index contributed by atoms with van der Waals surface area (Å²) in [6.07, 6.45) is 0.738. The smallest absolute Gasteiger partial charge is 0.224 e. The molecule has 1 aromatic carbocycles. The van der Waals surface area contributed by atoms with Crippen LogP contribution in [-0.2, 0) is 11.2 Å². The number of carbonyl (C=O) groups excluding carboxylic acids is 1. The van der Waals surface area contributed by atoms with Crippen LogP contribution in [0.15, 0.2) is 24.3 Å². The maximum Gasteiger partial charge on any atom is 0.224 e. The van der Waals surface area contributed by atoms with Gasteiger partial charge in [0.15, 0.2) is 0 Å². The van der Waals surface area contributed by atoms with Crippen molar-refractivity contribution in [3.05, 3.63) is 29.8 Å². The van der Waals surface area contributed by atoms with Crippen molar-refractivity contribution in [2.45, 2.75) is 39.3 Å². The van der Waals surface area contributed by atoms with Crippen molar-refractivity contribution < 1.29 is 9.53 Å². The molecule has 3 N–H and O–H groups in total. The minimum atomic E-state index is -0.180. The average Bonchev–Trinajstić information content (AvgIpc) is 2.38. The Morgan fingerprint density at radius 3 is 2.53 bits per heavy atom. The lowest BCUT2D eigenvalue weighted by molar-refractivity contribution is -0.125. The van der Waals surface area contributed by atoms with E-state index in [9.17, 15) is 4.79 Å². The molecule has 0 heterocycles. The van der Waals surface area contributed by atoms with E-state index in [1.807, 2.05) is 45.0 Å². The third-order valence-electron chi connectivity index (χ3n) is 3.31. The average molecular weight is 264 g/mol. The summed E-state index contributed by atoms with van der Waals surface area (Å²) in [5, 5.41) is 2.99. The van der Waals surface area contributed by atoms with E-state index < -0.39 is 0 Å². The van der Waals surface area contributed by atoms with Crippen LogP contribution in [0.1, 0.15) is 26.3 Å². The van der Waals surface area contributed by atoms with Crippen LogP contribution in [0.4, 0.5) is 0 Å². The van der Waals surface area contributed by atoms with E-state index in [2.05, 4.69) is 5.32 Å². The standard InChI is InChI=1S/C15H24N2O2/c1-10(17-15(18)11(2)12(3)16)9-13-7-5-6-8-14(13)19-4/h5-8,10-12H,9,16H2,1-4H3,(H,17,18). The molecule has 4 heteroatoms. The second kappa shape index (κ2) is 7.14. The number of methoxy groups -OCH3 is 1. The van der Waals surface area contributed by atoms with Gasteiger partial charge in [0.05, 0.1) is 7.11 Å². The maximum atomic E-state index is 11.9. The molecule has 19 heavy (non-hydrogen) atoms. The van der Waals surface area contributed by atoms with E-state index in [0.29, 0.717) is 0 Å². The summed E-state index contributed by atoms with van der Waals surface area (Å²) in [6, 6.07) is 7.74. The van der Waals surface area contributed by atoms with Gasteiger partial charge in [0.25, 0.3) is 0 Å². The van der Waals surface area contributed by atoms with Crippen LogP contribution >= 0.6 is 0 Å². The van der Waals surface area contributed by atoms with Crippen molar-refractivity contribution in [3.8, 4) is 5.75 Å². The Labute approximate surface area is 115 Å². The minimum Gasteiger partial charge on any atom is -0.496 e. The Kier molecular flexibility index (Phi) is 5.83. The zero-order chi connectivity index (χ0) is 14.4. The molecule has 0 radical (unpaired) electrons. The molecule has 0 aliphatic heterocycles. The van der Waals surface area contributed by atoms with E-state index >= 15 is 0 Å². The zero-order valence-electron chi connectivity index (χ0n) is 12.1. The molecule has 0 spiro atoms. The van der Waals surface area contributed by atoms with E-state index in [1.54, 1.807) is 7.11 Å². The Hall–Kier alpha value is -1.55. The summed E-state index contributed by atoms with van der Waals surface area (Å²) >= 11 is 0. The van der Waals surface area contributed by atoms with Gasteiger partial charge >= 0.3 is 0 Å². The summed E-state index contributed by atoms with van der Waals surface area (Å²) in [4.78, 5) is 11.9. The molecule has 1 aromatic rings. The van der Waals surface area contributed by atoms with Crippen molar-refractivity contribution in [1.82, 2.24) is 5.32 Å². The molecule has 4 nitrogen and oxygen atoms in total. The first-order valence-electron chi connectivity index (χ1n) is 6.63. The number of carbonyl (C=O) groups is 1. The number of rotatable bonds is 6. The van der Waals surface area contributed by atoms with Crippen molar-refractivity contribution in [2.75, 3.05) is 7.11 Å². The van der Waals surface area contributed by atoms with E-state index in [4.69, 9.17) is 10.5 Å². The van der Waals surface area contributed by atoms with Crippen LogP contribution in [0, 0.1) is 5.92 Å².